The summed E-state index contributed by atoms with van der Waals surface area (Å²) in [5.74, 6) is -1.58. The quantitative estimate of drug-likeness (QED) is 0.566. The Morgan fingerprint density at radius 1 is 1.44 bits per heavy atom. The Hall–Kier alpha value is -1.75. The Balaban J connectivity index is 2.75. The number of fused-ring (bicyclic) bond motifs is 1. The summed E-state index contributed by atoms with van der Waals surface area (Å²) in [5.41, 5.74) is 0.00269. The fourth-order valence-corrected chi connectivity index (χ4v) is 1.49. The van der Waals surface area contributed by atoms with Gasteiger partial charge in [0.1, 0.15) is 16.5 Å². The van der Waals surface area contributed by atoms with Crippen molar-refractivity contribution >= 4 is 28.5 Å². The van der Waals surface area contributed by atoms with E-state index in [4.69, 9.17) is 11.6 Å². The molecule has 1 aromatic heterocycles. The maximum Gasteiger partial charge on any atom is 0.376 e. The van der Waals surface area contributed by atoms with E-state index < -0.39 is 11.8 Å². The number of aromatic nitrogens is 2. The highest BCUT2D eigenvalue weighted by Crippen LogP contribution is 2.22. The SMILES string of the molecule is COC(=O)c1nc(Cl)c2cccc(F)c2n1. The van der Waals surface area contributed by atoms with Gasteiger partial charge >= 0.3 is 5.97 Å². The van der Waals surface area contributed by atoms with E-state index in [0.29, 0.717) is 5.39 Å². The standard InChI is InChI=1S/C10H6ClFN2O2/c1-16-10(15)9-13-7-5(8(11)14-9)3-2-4-6(7)12/h2-4H,1H3. The highest BCUT2D eigenvalue weighted by molar-refractivity contribution is 6.34. The topological polar surface area (TPSA) is 52.1 Å². The summed E-state index contributed by atoms with van der Waals surface area (Å²) < 4.78 is 17.8. The van der Waals surface area contributed by atoms with Crippen molar-refractivity contribution in [2.24, 2.45) is 0 Å². The lowest BCUT2D eigenvalue weighted by molar-refractivity contribution is 0.0587. The number of methoxy groups -OCH3 is 1. The fourth-order valence-electron chi connectivity index (χ4n) is 1.26. The highest BCUT2D eigenvalue weighted by atomic mass is 35.5. The van der Waals surface area contributed by atoms with Crippen LogP contribution in [0.15, 0.2) is 18.2 Å². The molecule has 0 aliphatic carbocycles. The summed E-state index contributed by atoms with van der Waals surface area (Å²) in [4.78, 5) is 18.7. The molecule has 0 fully saturated rings. The number of halogens is 2. The molecule has 82 valence electrons. The third-order valence-electron chi connectivity index (χ3n) is 2.00. The molecule has 6 heteroatoms. The van der Waals surface area contributed by atoms with Gasteiger partial charge in [-0.05, 0) is 12.1 Å². The predicted octanol–water partition coefficient (Wildman–Crippen LogP) is 2.21. The van der Waals surface area contributed by atoms with Gasteiger partial charge in [0.05, 0.1) is 7.11 Å². The molecule has 2 aromatic rings. The molecule has 0 amide bonds. The van der Waals surface area contributed by atoms with Crippen LogP contribution in [-0.4, -0.2) is 23.0 Å². The van der Waals surface area contributed by atoms with Gasteiger partial charge in [-0.3, -0.25) is 0 Å². The van der Waals surface area contributed by atoms with Gasteiger partial charge in [-0.15, -0.1) is 0 Å². The first-order valence-corrected chi connectivity index (χ1v) is 4.71. The Bertz CT molecular complexity index is 574. The summed E-state index contributed by atoms with van der Waals surface area (Å²) in [6, 6.07) is 4.29. The number of hydrogen-bond acceptors (Lipinski definition) is 4. The van der Waals surface area contributed by atoms with E-state index >= 15 is 0 Å². The van der Waals surface area contributed by atoms with E-state index in [1.165, 1.54) is 19.2 Å². The minimum absolute atomic E-state index is 0.00269. The number of hydrogen-bond donors (Lipinski definition) is 0. The highest BCUT2D eigenvalue weighted by Gasteiger charge is 2.15. The average molecular weight is 241 g/mol. The number of ether oxygens (including phenoxy) is 1. The van der Waals surface area contributed by atoms with Crippen molar-refractivity contribution < 1.29 is 13.9 Å². The lowest BCUT2D eigenvalue weighted by Gasteiger charge is -2.03. The summed E-state index contributed by atoms with van der Waals surface area (Å²) in [5, 5.41) is 0.374. The molecule has 0 aliphatic rings. The molecule has 4 nitrogen and oxygen atoms in total. The average Bonchev–Trinajstić information content (AvgIpc) is 2.29. The lowest BCUT2D eigenvalue weighted by atomic mass is 10.2. The smallest absolute Gasteiger partial charge is 0.376 e. The Morgan fingerprint density at radius 2 is 2.19 bits per heavy atom. The molecule has 2 rings (SSSR count). The van der Waals surface area contributed by atoms with Crippen LogP contribution in [0.5, 0.6) is 0 Å². The molecule has 0 saturated heterocycles. The first-order valence-electron chi connectivity index (χ1n) is 4.33. The van der Waals surface area contributed by atoms with Crippen LogP contribution < -0.4 is 0 Å². The van der Waals surface area contributed by atoms with Gasteiger partial charge in [-0.25, -0.2) is 19.2 Å². The molecular formula is C10H6ClFN2O2. The summed E-state index contributed by atoms with van der Waals surface area (Å²) >= 11 is 5.81. The second kappa shape index (κ2) is 4.02. The number of nitrogens with zero attached hydrogens (tertiary/aromatic N) is 2. The van der Waals surface area contributed by atoms with Crippen molar-refractivity contribution in [3.63, 3.8) is 0 Å². The maximum atomic E-state index is 13.4. The van der Waals surface area contributed by atoms with Gasteiger partial charge in [0.25, 0.3) is 0 Å². The van der Waals surface area contributed by atoms with Crippen LogP contribution in [0, 0.1) is 5.82 Å². The van der Waals surface area contributed by atoms with Gasteiger partial charge in [0.15, 0.2) is 0 Å². The van der Waals surface area contributed by atoms with E-state index in [-0.39, 0.29) is 16.5 Å². The number of esters is 1. The van der Waals surface area contributed by atoms with Gasteiger partial charge < -0.3 is 4.74 Å². The molecule has 16 heavy (non-hydrogen) atoms. The van der Waals surface area contributed by atoms with E-state index in [1.54, 1.807) is 6.07 Å². The minimum atomic E-state index is -0.757. The zero-order valence-electron chi connectivity index (χ0n) is 8.20. The summed E-state index contributed by atoms with van der Waals surface area (Å²) in [7, 11) is 1.19. The van der Waals surface area contributed by atoms with Crippen molar-refractivity contribution in [1.29, 1.82) is 0 Å². The minimum Gasteiger partial charge on any atom is -0.463 e. The van der Waals surface area contributed by atoms with Gasteiger partial charge in [-0.1, -0.05) is 17.7 Å². The van der Waals surface area contributed by atoms with E-state index in [1.807, 2.05) is 0 Å². The zero-order chi connectivity index (χ0) is 11.7. The van der Waals surface area contributed by atoms with Crippen molar-refractivity contribution in [1.82, 2.24) is 9.97 Å². The lowest BCUT2D eigenvalue weighted by Crippen LogP contribution is -2.08. The predicted molar refractivity (Wildman–Crippen MR) is 55.8 cm³/mol. The number of benzene rings is 1. The summed E-state index contributed by atoms with van der Waals surface area (Å²) in [6.45, 7) is 0. The van der Waals surface area contributed by atoms with E-state index in [9.17, 15) is 9.18 Å². The van der Waals surface area contributed by atoms with Crippen molar-refractivity contribution in [2.75, 3.05) is 7.11 Å². The Labute approximate surface area is 95.0 Å². The summed E-state index contributed by atoms with van der Waals surface area (Å²) in [6.07, 6.45) is 0. The van der Waals surface area contributed by atoms with E-state index in [0.717, 1.165) is 0 Å². The molecule has 0 unspecified atom stereocenters. The van der Waals surface area contributed by atoms with Crippen LogP contribution in [0.1, 0.15) is 10.6 Å². The number of carbonyl (C=O) groups is 1. The van der Waals surface area contributed by atoms with Crippen LogP contribution in [0.2, 0.25) is 5.15 Å². The Morgan fingerprint density at radius 3 is 2.88 bits per heavy atom. The van der Waals surface area contributed by atoms with Crippen LogP contribution in [-0.2, 0) is 4.74 Å². The molecule has 0 radical (unpaired) electrons. The molecule has 1 aromatic carbocycles. The zero-order valence-corrected chi connectivity index (χ0v) is 8.95. The third kappa shape index (κ3) is 1.69. The number of rotatable bonds is 1. The molecule has 0 bridgehead atoms. The molecule has 0 atom stereocenters. The maximum absolute atomic E-state index is 13.4. The molecule has 0 saturated carbocycles. The largest absolute Gasteiger partial charge is 0.463 e. The fraction of sp³-hybridized carbons (Fsp3) is 0.100. The van der Waals surface area contributed by atoms with Crippen LogP contribution in [0.3, 0.4) is 0 Å². The molecule has 1 heterocycles. The van der Waals surface area contributed by atoms with E-state index in [2.05, 4.69) is 14.7 Å². The van der Waals surface area contributed by atoms with Crippen molar-refractivity contribution in [3.05, 3.63) is 35.0 Å². The first-order chi connectivity index (χ1) is 7.63. The van der Waals surface area contributed by atoms with Crippen LogP contribution >= 0.6 is 11.6 Å². The number of carbonyl (C=O) groups excluding carboxylic acids is 1. The molecule has 0 N–H and O–H groups in total. The second-order valence-electron chi connectivity index (χ2n) is 2.97. The third-order valence-corrected chi connectivity index (χ3v) is 2.29. The van der Waals surface area contributed by atoms with Crippen LogP contribution in [0.4, 0.5) is 4.39 Å². The van der Waals surface area contributed by atoms with Gasteiger partial charge in [0.2, 0.25) is 5.82 Å². The molecule has 0 spiro atoms. The number of para-hydroxylation sites is 1. The Kier molecular flexibility index (Phi) is 2.70. The van der Waals surface area contributed by atoms with Crippen molar-refractivity contribution in [2.45, 2.75) is 0 Å². The monoisotopic (exact) mass is 240 g/mol. The molecular weight excluding hydrogens is 235 g/mol. The van der Waals surface area contributed by atoms with Crippen LogP contribution in [0.25, 0.3) is 10.9 Å². The van der Waals surface area contributed by atoms with Crippen molar-refractivity contribution in [3.8, 4) is 0 Å². The van der Waals surface area contributed by atoms with Gasteiger partial charge in [-0.2, -0.15) is 0 Å². The first kappa shape index (κ1) is 10.8. The van der Waals surface area contributed by atoms with Gasteiger partial charge in [0, 0.05) is 5.39 Å². The second-order valence-corrected chi connectivity index (χ2v) is 3.32. The molecule has 0 aliphatic heterocycles. The normalized spacial score (nSPS) is 10.4.